The molecule has 27 heavy (non-hydrogen) atoms. The van der Waals surface area contributed by atoms with Gasteiger partial charge in [-0.1, -0.05) is 68.3 Å². The van der Waals surface area contributed by atoms with Gasteiger partial charge in [0.2, 0.25) is 0 Å². The summed E-state index contributed by atoms with van der Waals surface area (Å²) in [6.45, 7) is 5.35. The lowest BCUT2D eigenvalue weighted by molar-refractivity contribution is -0.0465. The van der Waals surface area contributed by atoms with E-state index in [0.717, 1.165) is 45.7 Å². The minimum absolute atomic E-state index is 0.392. The minimum Gasteiger partial charge on any atom is -0.376 e. The quantitative estimate of drug-likeness (QED) is 0.419. The van der Waals surface area contributed by atoms with E-state index >= 15 is 0 Å². The molecule has 0 aromatic heterocycles. The van der Waals surface area contributed by atoms with Crippen LogP contribution < -0.4 is 0 Å². The third-order valence-corrected chi connectivity index (χ3v) is 4.14. The highest BCUT2D eigenvalue weighted by molar-refractivity contribution is 5.81. The van der Waals surface area contributed by atoms with Crippen molar-refractivity contribution in [1.29, 1.82) is 0 Å². The van der Waals surface area contributed by atoms with E-state index in [0.29, 0.717) is 18.6 Å². The number of ether oxygens (including phenoxy) is 3. The molecule has 2 aliphatic heterocycles. The fraction of sp³-hybridized carbons (Fsp3) is 0.545. The van der Waals surface area contributed by atoms with Crippen molar-refractivity contribution in [3.8, 4) is 0 Å². The Morgan fingerprint density at radius 2 is 1.33 bits per heavy atom. The Bertz CT molecular complexity index is 545. The average Bonchev–Trinajstić information content (AvgIpc) is 3.59. The monoisotopic (exact) mass is 376 g/mol. The summed E-state index contributed by atoms with van der Waals surface area (Å²) in [7, 11) is 0. The van der Waals surface area contributed by atoms with Gasteiger partial charge in [0.1, 0.15) is 12.2 Å². The highest BCUT2D eigenvalue weighted by Gasteiger charge is 2.26. The van der Waals surface area contributed by atoms with Crippen LogP contribution in [0.3, 0.4) is 0 Å². The third kappa shape index (κ3) is 11.1. The molecular weight excluding hydrogens is 344 g/mol. The molecule has 0 bridgehead atoms. The highest BCUT2D eigenvalue weighted by atomic mass is 16.6. The molecular formula is C22H32O5. The summed E-state index contributed by atoms with van der Waals surface area (Å²) in [6, 6.07) is 16.7. The van der Waals surface area contributed by atoms with Crippen molar-refractivity contribution in [2.45, 2.75) is 51.1 Å². The van der Waals surface area contributed by atoms with Crippen molar-refractivity contribution in [2.24, 2.45) is 0 Å². The summed E-state index contributed by atoms with van der Waals surface area (Å²) >= 11 is 0. The van der Waals surface area contributed by atoms with Crippen LogP contribution in [-0.2, 0) is 14.2 Å². The Morgan fingerprint density at radius 1 is 0.889 bits per heavy atom. The molecule has 0 radical (unpaired) electrons. The van der Waals surface area contributed by atoms with E-state index in [1.165, 1.54) is 10.8 Å². The zero-order valence-electron chi connectivity index (χ0n) is 16.1. The number of aliphatic hydroxyl groups excluding tert-OH is 1. The molecule has 5 heteroatoms. The normalized spacial score (nSPS) is 19.7. The summed E-state index contributed by atoms with van der Waals surface area (Å²) in [5, 5.41) is 19.3. The fourth-order valence-electron chi connectivity index (χ4n) is 2.37. The first kappa shape index (κ1) is 21.8. The molecule has 2 aromatic carbocycles. The molecule has 0 saturated carbocycles. The van der Waals surface area contributed by atoms with Crippen LogP contribution in [-0.4, -0.2) is 55.1 Å². The highest BCUT2D eigenvalue weighted by Crippen LogP contribution is 2.12. The Hall–Kier alpha value is -1.50. The molecule has 2 aromatic rings. The summed E-state index contributed by atoms with van der Waals surface area (Å²) < 4.78 is 15.1. The van der Waals surface area contributed by atoms with Gasteiger partial charge in [0.05, 0.1) is 26.4 Å². The van der Waals surface area contributed by atoms with E-state index in [-0.39, 0.29) is 0 Å². The van der Waals surface area contributed by atoms with Gasteiger partial charge in [-0.25, -0.2) is 0 Å². The lowest BCUT2D eigenvalue weighted by Crippen LogP contribution is -2.06. The SMILES string of the molecule is C(OCC1CO1)C1CO1.CCCCCC(O)O.c1ccc2ccccc2c1. The number of hydrogen-bond acceptors (Lipinski definition) is 5. The lowest BCUT2D eigenvalue weighted by Gasteiger charge is -1.99. The maximum Gasteiger partial charge on any atom is 0.151 e. The number of epoxide rings is 2. The predicted octanol–water partition coefficient (Wildman–Crippen LogP) is 3.52. The van der Waals surface area contributed by atoms with Gasteiger partial charge in [0.25, 0.3) is 0 Å². The van der Waals surface area contributed by atoms with Crippen molar-refractivity contribution in [1.82, 2.24) is 0 Å². The van der Waals surface area contributed by atoms with Gasteiger partial charge >= 0.3 is 0 Å². The van der Waals surface area contributed by atoms with Crippen LogP contribution in [0, 0.1) is 0 Å². The standard InChI is InChI=1S/C10H8.C6H10O3.C6H14O2/c1-2-6-10-8-4-3-7-9(10)5-1;1(5-3-8-5)7-2-6-4-9-6;1-2-3-4-5-6(7)8/h1-8H;5-6H,1-4H2;6-8H,2-5H2,1H3. The average molecular weight is 376 g/mol. The molecule has 2 atom stereocenters. The van der Waals surface area contributed by atoms with E-state index in [9.17, 15) is 0 Å². The van der Waals surface area contributed by atoms with E-state index in [4.69, 9.17) is 24.4 Å². The van der Waals surface area contributed by atoms with Crippen molar-refractivity contribution in [2.75, 3.05) is 26.4 Å². The van der Waals surface area contributed by atoms with Gasteiger partial charge in [0, 0.05) is 0 Å². The second kappa shape index (κ2) is 12.8. The van der Waals surface area contributed by atoms with E-state index in [2.05, 4.69) is 55.5 Å². The van der Waals surface area contributed by atoms with Crippen molar-refractivity contribution < 1.29 is 24.4 Å². The van der Waals surface area contributed by atoms with E-state index in [1.54, 1.807) is 0 Å². The van der Waals surface area contributed by atoms with Crippen LogP contribution >= 0.6 is 0 Å². The number of benzene rings is 2. The van der Waals surface area contributed by atoms with Gasteiger partial charge in [0.15, 0.2) is 6.29 Å². The topological polar surface area (TPSA) is 74.8 Å². The molecule has 2 fully saturated rings. The lowest BCUT2D eigenvalue weighted by atomic mass is 10.1. The smallest absolute Gasteiger partial charge is 0.151 e. The molecule has 2 aliphatic rings. The molecule has 2 saturated heterocycles. The van der Waals surface area contributed by atoms with Crippen LogP contribution in [0.4, 0.5) is 0 Å². The first-order chi connectivity index (χ1) is 13.2. The molecule has 150 valence electrons. The van der Waals surface area contributed by atoms with Crippen molar-refractivity contribution in [3.05, 3.63) is 48.5 Å². The number of rotatable bonds is 8. The molecule has 5 nitrogen and oxygen atoms in total. The van der Waals surface area contributed by atoms with Gasteiger partial charge in [-0.15, -0.1) is 0 Å². The van der Waals surface area contributed by atoms with Crippen LogP contribution in [0.15, 0.2) is 48.5 Å². The van der Waals surface area contributed by atoms with Gasteiger partial charge in [-0.3, -0.25) is 0 Å². The Balaban J connectivity index is 0.000000147. The Labute approximate surface area is 161 Å². The van der Waals surface area contributed by atoms with Gasteiger partial charge in [-0.05, 0) is 23.6 Å². The minimum atomic E-state index is -1.10. The fourth-order valence-corrected chi connectivity index (χ4v) is 2.37. The summed E-state index contributed by atoms with van der Waals surface area (Å²) in [6.07, 6.45) is 3.36. The predicted molar refractivity (Wildman–Crippen MR) is 107 cm³/mol. The maximum atomic E-state index is 8.33. The summed E-state index contributed by atoms with van der Waals surface area (Å²) in [5.74, 6) is 0. The molecule has 0 spiro atoms. The first-order valence-electron chi connectivity index (χ1n) is 9.80. The molecule has 2 N–H and O–H groups in total. The third-order valence-electron chi connectivity index (χ3n) is 4.14. The van der Waals surface area contributed by atoms with Crippen molar-refractivity contribution >= 4 is 10.8 Å². The number of aliphatic hydroxyl groups is 2. The molecule has 0 amide bonds. The van der Waals surface area contributed by atoms with Gasteiger partial charge < -0.3 is 24.4 Å². The Morgan fingerprint density at radius 3 is 1.67 bits per heavy atom. The van der Waals surface area contributed by atoms with Gasteiger partial charge in [-0.2, -0.15) is 0 Å². The second-order valence-electron chi connectivity index (χ2n) is 6.77. The van der Waals surface area contributed by atoms with Crippen LogP contribution in [0.2, 0.25) is 0 Å². The van der Waals surface area contributed by atoms with Crippen LogP contribution in [0.5, 0.6) is 0 Å². The second-order valence-corrected chi connectivity index (χ2v) is 6.77. The largest absolute Gasteiger partial charge is 0.376 e. The van der Waals surface area contributed by atoms with E-state index < -0.39 is 6.29 Å². The first-order valence-corrected chi connectivity index (χ1v) is 9.80. The molecule has 2 heterocycles. The zero-order valence-corrected chi connectivity index (χ0v) is 16.1. The summed E-state index contributed by atoms with van der Waals surface area (Å²) in [5.41, 5.74) is 0. The van der Waals surface area contributed by atoms with Crippen LogP contribution in [0.25, 0.3) is 10.8 Å². The number of hydrogen-bond donors (Lipinski definition) is 2. The zero-order chi connectivity index (χ0) is 19.3. The molecule has 2 unspecified atom stereocenters. The number of fused-ring (bicyclic) bond motifs is 1. The van der Waals surface area contributed by atoms with Crippen LogP contribution in [0.1, 0.15) is 32.6 Å². The molecule has 4 rings (SSSR count). The van der Waals surface area contributed by atoms with Crippen molar-refractivity contribution in [3.63, 3.8) is 0 Å². The molecule has 0 aliphatic carbocycles. The number of unbranched alkanes of at least 4 members (excludes halogenated alkanes) is 2. The maximum absolute atomic E-state index is 8.33. The Kier molecular flexibility index (Phi) is 10.3. The van der Waals surface area contributed by atoms with E-state index in [1.807, 2.05) is 0 Å². The summed E-state index contributed by atoms with van der Waals surface area (Å²) in [4.78, 5) is 0.